The van der Waals surface area contributed by atoms with E-state index in [-0.39, 0.29) is 22.9 Å². The van der Waals surface area contributed by atoms with Gasteiger partial charge in [0.15, 0.2) is 5.69 Å². The third-order valence-corrected chi connectivity index (χ3v) is 3.76. The summed E-state index contributed by atoms with van der Waals surface area (Å²) in [7, 11) is 1.54. The average Bonchev–Trinajstić information content (AvgIpc) is 2.98. The van der Waals surface area contributed by atoms with Crippen LogP contribution < -0.4 is 10.6 Å². The van der Waals surface area contributed by atoms with Crippen molar-refractivity contribution in [3.8, 4) is 11.3 Å². The number of hydrogen-bond acceptors (Lipinski definition) is 3. The minimum atomic E-state index is -0.616. The molecule has 2 amide bonds. The molecule has 0 fully saturated rings. The van der Waals surface area contributed by atoms with Crippen molar-refractivity contribution in [2.75, 3.05) is 10.6 Å². The lowest BCUT2D eigenvalue weighted by Crippen LogP contribution is -2.13. The Bertz CT molecular complexity index is 1030. The van der Waals surface area contributed by atoms with Crippen LogP contribution in [0.5, 0.6) is 0 Å². The van der Waals surface area contributed by atoms with Gasteiger partial charge in [-0.2, -0.15) is 5.10 Å². The Morgan fingerprint density at radius 2 is 1.70 bits per heavy atom. The summed E-state index contributed by atoms with van der Waals surface area (Å²) in [4.78, 5) is 23.6. The third-order valence-electron chi connectivity index (χ3n) is 3.76. The first-order valence-corrected chi connectivity index (χ1v) is 8.02. The smallest absolute Gasteiger partial charge is 0.276 e. The molecule has 8 heteroatoms. The van der Waals surface area contributed by atoms with Gasteiger partial charge in [0.05, 0.1) is 5.69 Å². The molecule has 0 atom stereocenters. The highest BCUT2D eigenvalue weighted by atomic mass is 19.1. The first-order chi connectivity index (χ1) is 12.8. The highest BCUT2D eigenvalue weighted by Crippen LogP contribution is 2.24. The molecule has 0 bridgehead atoms. The molecule has 6 nitrogen and oxygen atoms in total. The maximum absolute atomic E-state index is 14.0. The number of amides is 2. The molecular formula is C19H16F2N4O2. The number of nitrogens with one attached hydrogen (secondary N) is 2. The van der Waals surface area contributed by atoms with Crippen molar-refractivity contribution in [2.45, 2.75) is 6.92 Å². The highest BCUT2D eigenvalue weighted by molar-refractivity contribution is 6.04. The second-order valence-corrected chi connectivity index (χ2v) is 5.88. The van der Waals surface area contributed by atoms with Crippen molar-refractivity contribution in [3.05, 3.63) is 65.9 Å². The van der Waals surface area contributed by atoms with E-state index in [1.54, 1.807) is 24.3 Å². The van der Waals surface area contributed by atoms with Gasteiger partial charge in [-0.15, -0.1) is 0 Å². The normalized spacial score (nSPS) is 10.5. The van der Waals surface area contributed by atoms with Crippen LogP contribution >= 0.6 is 0 Å². The van der Waals surface area contributed by atoms with E-state index in [1.807, 2.05) is 0 Å². The maximum Gasteiger partial charge on any atom is 0.276 e. The maximum atomic E-state index is 14.0. The lowest BCUT2D eigenvalue weighted by atomic mass is 10.1. The average molecular weight is 370 g/mol. The van der Waals surface area contributed by atoms with Crippen molar-refractivity contribution in [1.82, 2.24) is 9.78 Å². The van der Waals surface area contributed by atoms with Gasteiger partial charge in [-0.3, -0.25) is 14.3 Å². The molecule has 1 aromatic heterocycles. The zero-order valence-corrected chi connectivity index (χ0v) is 14.6. The quantitative estimate of drug-likeness (QED) is 0.737. The Morgan fingerprint density at radius 1 is 1.00 bits per heavy atom. The van der Waals surface area contributed by atoms with Crippen molar-refractivity contribution in [2.24, 2.45) is 7.05 Å². The van der Waals surface area contributed by atoms with E-state index in [0.717, 1.165) is 18.2 Å². The summed E-state index contributed by atoms with van der Waals surface area (Å²) < 4.78 is 28.7. The molecule has 1 heterocycles. The standard InChI is InChI=1S/C19H16F2N4O2/c1-11(26)22-13-4-3-5-14(9-13)23-19(27)17-10-18(25(2)24-17)15-8-12(20)6-7-16(15)21/h3-10H,1-2H3,(H,22,26)(H,23,27). The minimum absolute atomic E-state index is 0.0108. The fraction of sp³-hybridized carbons (Fsp3) is 0.105. The van der Waals surface area contributed by atoms with Crippen LogP contribution in [-0.2, 0) is 11.8 Å². The highest BCUT2D eigenvalue weighted by Gasteiger charge is 2.17. The van der Waals surface area contributed by atoms with E-state index < -0.39 is 17.5 Å². The molecule has 2 N–H and O–H groups in total. The van der Waals surface area contributed by atoms with Crippen molar-refractivity contribution in [1.29, 1.82) is 0 Å². The second kappa shape index (κ2) is 7.36. The van der Waals surface area contributed by atoms with E-state index in [9.17, 15) is 18.4 Å². The molecule has 0 aliphatic heterocycles. The number of aryl methyl sites for hydroxylation is 1. The van der Waals surface area contributed by atoms with E-state index in [4.69, 9.17) is 0 Å². The van der Waals surface area contributed by atoms with Gasteiger partial charge >= 0.3 is 0 Å². The fourth-order valence-electron chi connectivity index (χ4n) is 2.60. The molecule has 3 aromatic rings. The predicted molar refractivity (Wildman–Crippen MR) is 97.3 cm³/mol. The fourth-order valence-corrected chi connectivity index (χ4v) is 2.60. The summed E-state index contributed by atoms with van der Waals surface area (Å²) >= 11 is 0. The number of anilines is 2. The lowest BCUT2D eigenvalue weighted by molar-refractivity contribution is -0.114. The van der Waals surface area contributed by atoms with Crippen LogP contribution in [0.1, 0.15) is 17.4 Å². The molecule has 2 aromatic carbocycles. The molecule has 138 valence electrons. The molecular weight excluding hydrogens is 354 g/mol. The van der Waals surface area contributed by atoms with E-state index in [1.165, 1.54) is 24.7 Å². The lowest BCUT2D eigenvalue weighted by Gasteiger charge is -2.06. The van der Waals surface area contributed by atoms with Crippen LogP contribution in [0.15, 0.2) is 48.5 Å². The van der Waals surface area contributed by atoms with Gasteiger partial charge in [-0.25, -0.2) is 8.78 Å². The Kier molecular flexibility index (Phi) is 4.98. The SMILES string of the molecule is CC(=O)Nc1cccc(NC(=O)c2cc(-c3cc(F)ccc3F)n(C)n2)c1. The molecule has 0 saturated carbocycles. The molecule has 27 heavy (non-hydrogen) atoms. The van der Waals surface area contributed by atoms with Crippen molar-refractivity contribution < 1.29 is 18.4 Å². The molecule has 0 aliphatic rings. The summed E-state index contributed by atoms with van der Waals surface area (Å²) in [6.07, 6.45) is 0. The monoisotopic (exact) mass is 370 g/mol. The van der Waals surface area contributed by atoms with Crippen LogP contribution in [0.3, 0.4) is 0 Å². The summed E-state index contributed by atoms with van der Waals surface area (Å²) in [6.45, 7) is 1.38. The number of hydrogen-bond donors (Lipinski definition) is 2. The molecule has 3 rings (SSSR count). The summed E-state index contributed by atoms with van der Waals surface area (Å²) in [5.74, 6) is -1.96. The number of halogens is 2. The number of carbonyl (C=O) groups excluding carboxylic acids is 2. The Balaban J connectivity index is 1.84. The summed E-state index contributed by atoms with van der Waals surface area (Å²) in [5.41, 5.74) is 1.31. The van der Waals surface area contributed by atoms with Gasteiger partial charge in [0.25, 0.3) is 5.91 Å². The van der Waals surface area contributed by atoms with Gasteiger partial charge in [-0.05, 0) is 42.5 Å². The van der Waals surface area contributed by atoms with Gasteiger partial charge < -0.3 is 10.6 Å². The minimum Gasteiger partial charge on any atom is -0.326 e. The Morgan fingerprint density at radius 3 is 2.41 bits per heavy atom. The van der Waals surface area contributed by atoms with Crippen molar-refractivity contribution >= 4 is 23.2 Å². The van der Waals surface area contributed by atoms with Gasteiger partial charge in [0.2, 0.25) is 5.91 Å². The van der Waals surface area contributed by atoms with Gasteiger partial charge in [0.1, 0.15) is 11.6 Å². The summed E-state index contributed by atoms with van der Waals surface area (Å²) in [5, 5.41) is 9.34. The van der Waals surface area contributed by atoms with E-state index in [0.29, 0.717) is 11.4 Å². The van der Waals surface area contributed by atoms with E-state index >= 15 is 0 Å². The predicted octanol–water partition coefficient (Wildman–Crippen LogP) is 3.58. The third kappa shape index (κ3) is 4.17. The second-order valence-electron chi connectivity index (χ2n) is 5.88. The first-order valence-electron chi connectivity index (χ1n) is 8.02. The Labute approximate surface area is 153 Å². The van der Waals surface area contributed by atoms with E-state index in [2.05, 4.69) is 15.7 Å². The van der Waals surface area contributed by atoms with Gasteiger partial charge in [0, 0.05) is 30.9 Å². The van der Waals surface area contributed by atoms with Gasteiger partial charge in [-0.1, -0.05) is 6.07 Å². The zero-order valence-electron chi connectivity index (χ0n) is 14.6. The largest absolute Gasteiger partial charge is 0.326 e. The van der Waals surface area contributed by atoms with Crippen LogP contribution in [-0.4, -0.2) is 21.6 Å². The Hall–Kier alpha value is -3.55. The zero-order chi connectivity index (χ0) is 19.6. The van der Waals surface area contributed by atoms with Crippen LogP contribution in [0.25, 0.3) is 11.3 Å². The van der Waals surface area contributed by atoms with Crippen LogP contribution in [0.4, 0.5) is 20.2 Å². The summed E-state index contributed by atoms with van der Waals surface area (Å²) in [6, 6.07) is 11.1. The molecule has 0 spiro atoms. The number of rotatable bonds is 4. The molecule has 0 saturated heterocycles. The molecule has 0 unspecified atom stereocenters. The number of benzene rings is 2. The number of nitrogens with zero attached hydrogens (tertiary/aromatic N) is 2. The van der Waals surface area contributed by atoms with Crippen LogP contribution in [0.2, 0.25) is 0 Å². The molecule has 0 aliphatic carbocycles. The number of aromatic nitrogens is 2. The van der Waals surface area contributed by atoms with Crippen molar-refractivity contribution in [3.63, 3.8) is 0 Å². The van der Waals surface area contributed by atoms with Crippen LogP contribution in [0, 0.1) is 11.6 Å². The molecule has 0 radical (unpaired) electrons. The first kappa shape index (κ1) is 18.2. The number of carbonyl (C=O) groups is 2. The topological polar surface area (TPSA) is 76.0 Å².